The number of rotatable bonds is 1. The lowest BCUT2D eigenvalue weighted by Gasteiger charge is -2.08. The minimum Gasteiger partial charge on any atom is -0.197 e. The molecule has 1 aliphatic rings. The Hall–Kier alpha value is -2.07. The molecule has 1 aromatic rings. The van der Waals surface area contributed by atoms with Gasteiger partial charge in [0, 0.05) is 0 Å². The summed E-state index contributed by atoms with van der Waals surface area (Å²) in [6.45, 7) is 0. The summed E-state index contributed by atoms with van der Waals surface area (Å²) in [6.07, 6.45) is 9.82. The van der Waals surface area contributed by atoms with E-state index < -0.39 is 0 Å². The zero-order valence-electron chi connectivity index (χ0n) is 8.30. The molecule has 0 aliphatic heterocycles. The highest BCUT2D eigenvalue weighted by molar-refractivity contribution is 5.59. The largest absolute Gasteiger partial charge is 0.197 e. The lowest BCUT2D eigenvalue weighted by molar-refractivity contribution is 1.02. The summed E-state index contributed by atoms with van der Waals surface area (Å²) in [5, 5.41) is 8.96. The summed E-state index contributed by atoms with van der Waals surface area (Å²) < 4.78 is 0. The molecule has 1 unspecified atom stereocenters. The van der Waals surface area contributed by atoms with Crippen molar-refractivity contribution in [3.8, 4) is 6.07 Å². The molecule has 1 aliphatic carbocycles. The third kappa shape index (κ3) is 2.24. The Labute approximate surface area is 89.7 Å². The molecule has 1 nitrogen and oxygen atoms in total. The molecule has 0 amide bonds. The molecule has 2 rings (SSSR count). The van der Waals surface area contributed by atoms with Crippen molar-refractivity contribution in [1.82, 2.24) is 0 Å². The van der Waals surface area contributed by atoms with Crippen LogP contribution in [-0.2, 0) is 0 Å². The summed E-state index contributed by atoms with van der Waals surface area (Å²) in [4.78, 5) is 0. The highest BCUT2D eigenvalue weighted by Crippen LogP contribution is 2.20. The van der Waals surface area contributed by atoms with E-state index >= 15 is 0 Å². The minimum absolute atomic E-state index is 0.116. The summed E-state index contributed by atoms with van der Waals surface area (Å²) in [7, 11) is 0. The van der Waals surface area contributed by atoms with Gasteiger partial charge >= 0.3 is 0 Å². The summed E-state index contributed by atoms with van der Waals surface area (Å²) in [5.74, 6) is -0.116. The number of allylic oxidation sites excluding steroid dienone is 5. The Kier molecular flexibility index (Phi) is 2.80. The molecule has 0 fully saturated rings. The fourth-order valence-electron chi connectivity index (χ4n) is 1.55. The van der Waals surface area contributed by atoms with Gasteiger partial charge in [-0.1, -0.05) is 60.7 Å². The van der Waals surface area contributed by atoms with E-state index in [0.717, 1.165) is 11.1 Å². The lowest BCUT2D eigenvalue weighted by Crippen LogP contribution is -1.97. The van der Waals surface area contributed by atoms with Gasteiger partial charge < -0.3 is 0 Å². The number of nitriles is 1. The number of nitrogens with zero attached hydrogens (tertiary/aromatic N) is 1. The van der Waals surface area contributed by atoms with Crippen molar-refractivity contribution in [1.29, 1.82) is 5.26 Å². The Morgan fingerprint density at radius 2 is 1.93 bits per heavy atom. The van der Waals surface area contributed by atoms with Crippen LogP contribution in [0.4, 0.5) is 0 Å². The first-order valence-electron chi connectivity index (χ1n) is 4.91. The SMILES string of the molecule is N#CC1C=CC=CC1=Cc1ccccc1. The van der Waals surface area contributed by atoms with Crippen LogP contribution in [0.25, 0.3) is 6.08 Å². The monoisotopic (exact) mass is 193 g/mol. The van der Waals surface area contributed by atoms with Crippen molar-refractivity contribution in [2.24, 2.45) is 5.92 Å². The van der Waals surface area contributed by atoms with E-state index in [4.69, 9.17) is 5.26 Å². The number of hydrogen-bond donors (Lipinski definition) is 0. The average Bonchev–Trinajstić information content (AvgIpc) is 2.31. The standard InChI is InChI=1S/C14H11N/c15-11-14-9-5-4-8-13(14)10-12-6-2-1-3-7-12/h1-10,14H. The zero-order valence-corrected chi connectivity index (χ0v) is 8.30. The lowest BCUT2D eigenvalue weighted by atomic mass is 9.94. The van der Waals surface area contributed by atoms with E-state index in [9.17, 15) is 0 Å². The molecule has 0 N–H and O–H groups in total. The van der Waals surface area contributed by atoms with Crippen molar-refractivity contribution in [2.75, 3.05) is 0 Å². The van der Waals surface area contributed by atoms with Gasteiger partial charge in [-0.25, -0.2) is 0 Å². The van der Waals surface area contributed by atoms with E-state index in [1.54, 1.807) is 0 Å². The predicted octanol–water partition coefficient (Wildman–Crippen LogP) is 3.34. The smallest absolute Gasteiger partial charge is 0.0896 e. The van der Waals surface area contributed by atoms with Gasteiger partial charge in [-0.3, -0.25) is 0 Å². The van der Waals surface area contributed by atoms with Gasteiger partial charge in [-0.05, 0) is 11.1 Å². The van der Waals surface area contributed by atoms with Crippen LogP contribution < -0.4 is 0 Å². The van der Waals surface area contributed by atoms with Crippen molar-refractivity contribution in [2.45, 2.75) is 0 Å². The first kappa shape index (κ1) is 9.48. The van der Waals surface area contributed by atoms with Crippen LogP contribution in [0.1, 0.15) is 5.56 Å². The highest BCUT2D eigenvalue weighted by atomic mass is 14.3. The first-order chi connectivity index (χ1) is 7.40. The van der Waals surface area contributed by atoms with Crippen LogP contribution in [0.2, 0.25) is 0 Å². The van der Waals surface area contributed by atoms with Gasteiger partial charge in [-0.2, -0.15) is 5.26 Å². The molecule has 0 aromatic heterocycles. The molecular weight excluding hydrogens is 182 g/mol. The van der Waals surface area contributed by atoms with E-state index in [1.165, 1.54) is 0 Å². The molecule has 72 valence electrons. The summed E-state index contributed by atoms with van der Waals surface area (Å²) >= 11 is 0. The Balaban J connectivity index is 2.31. The van der Waals surface area contributed by atoms with Crippen LogP contribution in [-0.4, -0.2) is 0 Å². The van der Waals surface area contributed by atoms with Crippen LogP contribution in [0.15, 0.2) is 60.2 Å². The number of hydrogen-bond acceptors (Lipinski definition) is 1. The van der Waals surface area contributed by atoms with Crippen molar-refractivity contribution in [3.05, 3.63) is 65.8 Å². The van der Waals surface area contributed by atoms with E-state index in [1.807, 2.05) is 60.7 Å². The molecule has 0 spiro atoms. The van der Waals surface area contributed by atoms with Crippen molar-refractivity contribution >= 4 is 6.08 Å². The van der Waals surface area contributed by atoms with Gasteiger partial charge in [0.25, 0.3) is 0 Å². The molecule has 1 aromatic carbocycles. The van der Waals surface area contributed by atoms with Crippen molar-refractivity contribution in [3.63, 3.8) is 0 Å². The highest BCUT2D eigenvalue weighted by Gasteiger charge is 2.09. The molecule has 1 heteroatoms. The average molecular weight is 193 g/mol. The molecule has 0 bridgehead atoms. The molecule has 1 atom stereocenters. The Morgan fingerprint density at radius 3 is 2.67 bits per heavy atom. The quantitative estimate of drug-likeness (QED) is 0.671. The molecule has 0 heterocycles. The summed E-state index contributed by atoms with van der Waals surface area (Å²) in [5.41, 5.74) is 2.18. The minimum atomic E-state index is -0.116. The fourth-order valence-corrected chi connectivity index (χ4v) is 1.55. The van der Waals surface area contributed by atoms with E-state index in [0.29, 0.717) is 0 Å². The van der Waals surface area contributed by atoms with Crippen molar-refractivity contribution < 1.29 is 0 Å². The van der Waals surface area contributed by atoms with Gasteiger partial charge in [0.15, 0.2) is 0 Å². The third-order valence-electron chi connectivity index (χ3n) is 2.33. The number of benzene rings is 1. The Bertz CT molecular complexity index is 458. The van der Waals surface area contributed by atoms with Crippen LogP contribution >= 0.6 is 0 Å². The van der Waals surface area contributed by atoms with Gasteiger partial charge in [-0.15, -0.1) is 0 Å². The molecular formula is C14H11N. The normalized spacial score (nSPS) is 21.5. The van der Waals surface area contributed by atoms with Crippen LogP contribution in [0, 0.1) is 17.2 Å². The van der Waals surface area contributed by atoms with Crippen LogP contribution in [0.5, 0.6) is 0 Å². The predicted molar refractivity (Wildman–Crippen MR) is 61.8 cm³/mol. The topological polar surface area (TPSA) is 23.8 Å². The summed E-state index contributed by atoms with van der Waals surface area (Å²) in [6, 6.07) is 12.3. The van der Waals surface area contributed by atoms with E-state index in [-0.39, 0.29) is 5.92 Å². The molecule has 0 radical (unpaired) electrons. The van der Waals surface area contributed by atoms with E-state index in [2.05, 4.69) is 6.07 Å². The molecule has 15 heavy (non-hydrogen) atoms. The maximum atomic E-state index is 8.96. The van der Waals surface area contributed by atoms with Crippen LogP contribution in [0.3, 0.4) is 0 Å². The molecule has 0 saturated carbocycles. The van der Waals surface area contributed by atoms with Gasteiger partial charge in [0.05, 0.1) is 12.0 Å². The molecule has 0 saturated heterocycles. The maximum Gasteiger partial charge on any atom is 0.0896 e. The third-order valence-corrected chi connectivity index (χ3v) is 2.33. The zero-order chi connectivity index (χ0) is 10.5. The second-order valence-electron chi connectivity index (χ2n) is 3.41. The second kappa shape index (κ2) is 4.43. The maximum absolute atomic E-state index is 8.96. The van der Waals surface area contributed by atoms with Gasteiger partial charge in [0.2, 0.25) is 0 Å². The first-order valence-corrected chi connectivity index (χ1v) is 4.91. The Morgan fingerprint density at radius 1 is 1.13 bits per heavy atom. The van der Waals surface area contributed by atoms with Gasteiger partial charge in [0.1, 0.15) is 0 Å². The fraction of sp³-hybridized carbons (Fsp3) is 0.0714. The second-order valence-corrected chi connectivity index (χ2v) is 3.41.